The molecule has 1 aromatic rings. The predicted molar refractivity (Wildman–Crippen MR) is 88.3 cm³/mol. The zero-order valence-corrected chi connectivity index (χ0v) is 13.9. The predicted octanol–water partition coefficient (Wildman–Crippen LogP) is 2.81. The molecule has 1 amide bonds. The van der Waals surface area contributed by atoms with E-state index in [1.54, 1.807) is 0 Å². The Labute approximate surface area is 144 Å². The van der Waals surface area contributed by atoms with Crippen molar-refractivity contribution < 1.29 is 24.0 Å². The highest BCUT2D eigenvalue weighted by atomic mass is 16.6. The summed E-state index contributed by atoms with van der Waals surface area (Å²) in [6.07, 6.45) is 4.36. The van der Waals surface area contributed by atoms with Gasteiger partial charge in [-0.15, -0.1) is 0 Å². The lowest BCUT2D eigenvalue weighted by atomic mass is 9.75. The van der Waals surface area contributed by atoms with Crippen LogP contribution in [0, 0.1) is 16.0 Å². The van der Waals surface area contributed by atoms with Crippen molar-refractivity contribution in [2.75, 3.05) is 12.4 Å². The van der Waals surface area contributed by atoms with Crippen molar-refractivity contribution in [1.82, 2.24) is 0 Å². The Morgan fingerprint density at radius 2 is 2.08 bits per heavy atom. The van der Waals surface area contributed by atoms with E-state index in [-0.39, 0.29) is 29.7 Å². The van der Waals surface area contributed by atoms with Crippen LogP contribution in [-0.2, 0) is 14.3 Å². The van der Waals surface area contributed by atoms with Gasteiger partial charge in [-0.1, -0.05) is 6.42 Å². The number of benzene rings is 1. The number of esters is 1. The van der Waals surface area contributed by atoms with Gasteiger partial charge in [0.1, 0.15) is 11.4 Å². The quantitative estimate of drug-likeness (QED) is 0.509. The Kier molecular flexibility index (Phi) is 4.61. The summed E-state index contributed by atoms with van der Waals surface area (Å²) < 4.78 is 10.7. The zero-order chi connectivity index (χ0) is 18.0. The van der Waals surface area contributed by atoms with Crippen molar-refractivity contribution in [2.24, 2.45) is 5.92 Å². The van der Waals surface area contributed by atoms with Crippen molar-refractivity contribution in [3.8, 4) is 5.75 Å². The summed E-state index contributed by atoms with van der Waals surface area (Å²) in [6.45, 7) is 0. The monoisotopic (exact) mass is 348 g/mol. The number of anilines is 1. The molecular formula is C17H20N2O6. The van der Waals surface area contributed by atoms with E-state index in [0.717, 1.165) is 19.3 Å². The first-order valence-corrected chi connectivity index (χ1v) is 8.30. The minimum absolute atomic E-state index is 0.0567. The van der Waals surface area contributed by atoms with E-state index in [9.17, 15) is 19.7 Å². The Bertz CT molecular complexity index is 711. The second-order valence-electron chi connectivity index (χ2n) is 6.49. The highest BCUT2D eigenvalue weighted by Crippen LogP contribution is 2.45. The number of methoxy groups -OCH3 is 1. The summed E-state index contributed by atoms with van der Waals surface area (Å²) in [7, 11) is 1.37. The lowest BCUT2D eigenvalue weighted by molar-refractivity contribution is -0.384. The number of hydrogen-bond acceptors (Lipinski definition) is 6. The molecule has 1 unspecified atom stereocenters. The van der Waals surface area contributed by atoms with Crippen LogP contribution in [0.5, 0.6) is 5.75 Å². The Hall–Kier alpha value is -2.64. The van der Waals surface area contributed by atoms with Crippen molar-refractivity contribution in [3.63, 3.8) is 0 Å². The van der Waals surface area contributed by atoms with Gasteiger partial charge in [-0.05, 0) is 31.7 Å². The van der Waals surface area contributed by atoms with Gasteiger partial charge >= 0.3 is 5.97 Å². The van der Waals surface area contributed by atoms with Gasteiger partial charge in [0.05, 0.1) is 36.1 Å². The minimum Gasteiger partial charge on any atom is -0.494 e. The number of hydrogen-bond donors (Lipinski definition) is 1. The molecule has 1 aromatic carbocycles. The third-order valence-corrected chi connectivity index (χ3v) is 4.99. The van der Waals surface area contributed by atoms with Crippen molar-refractivity contribution in [2.45, 2.75) is 44.1 Å². The van der Waals surface area contributed by atoms with Gasteiger partial charge in [0.2, 0.25) is 5.91 Å². The number of nitro groups is 1. The molecule has 8 heteroatoms. The summed E-state index contributed by atoms with van der Waals surface area (Å²) in [5, 5.41) is 13.6. The maximum Gasteiger partial charge on any atom is 0.307 e. The SMILES string of the molecule is COc1cc([N+](=O)[O-])ccc1NC(=O)C1CC(=O)OC12CCCCC2. The minimum atomic E-state index is -0.715. The number of carbonyl (C=O) groups excluding carboxylic acids is 2. The second-order valence-corrected chi connectivity index (χ2v) is 6.49. The summed E-state index contributed by atoms with van der Waals surface area (Å²) in [5.41, 5.74) is -0.505. The van der Waals surface area contributed by atoms with E-state index in [4.69, 9.17) is 9.47 Å². The molecule has 0 radical (unpaired) electrons. The Morgan fingerprint density at radius 1 is 1.36 bits per heavy atom. The third-order valence-electron chi connectivity index (χ3n) is 4.99. The average molecular weight is 348 g/mol. The molecule has 2 aliphatic rings. The lowest BCUT2D eigenvalue weighted by Gasteiger charge is -2.36. The summed E-state index contributed by atoms with van der Waals surface area (Å²) >= 11 is 0. The van der Waals surface area contributed by atoms with Gasteiger partial charge in [0, 0.05) is 6.07 Å². The van der Waals surface area contributed by atoms with Crippen molar-refractivity contribution in [1.29, 1.82) is 0 Å². The van der Waals surface area contributed by atoms with E-state index >= 15 is 0 Å². The van der Waals surface area contributed by atoms with Crippen LogP contribution in [0.15, 0.2) is 18.2 Å². The van der Waals surface area contributed by atoms with Crippen LogP contribution in [0.3, 0.4) is 0 Å². The van der Waals surface area contributed by atoms with Crippen LogP contribution >= 0.6 is 0 Å². The molecule has 0 bridgehead atoms. The molecule has 1 atom stereocenters. The normalized spacial score (nSPS) is 21.6. The van der Waals surface area contributed by atoms with Gasteiger partial charge < -0.3 is 14.8 Å². The van der Waals surface area contributed by atoms with Crippen molar-refractivity contribution in [3.05, 3.63) is 28.3 Å². The number of rotatable bonds is 4. The van der Waals surface area contributed by atoms with E-state index < -0.39 is 16.4 Å². The lowest BCUT2D eigenvalue weighted by Crippen LogP contribution is -2.43. The van der Waals surface area contributed by atoms with Gasteiger partial charge in [-0.3, -0.25) is 19.7 Å². The van der Waals surface area contributed by atoms with E-state index in [0.29, 0.717) is 18.5 Å². The Morgan fingerprint density at radius 3 is 2.72 bits per heavy atom. The maximum atomic E-state index is 12.8. The molecule has 8 nitrogen and oxygen atoms in total. The molecule has 0 aromatic heterocycles. The van der Waals surface area contributed by atoms with Gasteiger partial charge in [-0.2, -0.15) is 0 Å². The number of non-ortho nitro benzene ring substituents is 1. The van der Waals surface area contributed by atoms with Crippen LogP contribution in [0.4, 0.5) is 11.4 Å². The fraction of sp³-hybridized carbons (Fsp3) is 0.529. The fourth-order valence-electron chi connectivity index (χ4n) is 3.74. The summed E-state index contributed by atoms with van der Waals surface area (Å²) in [5.74, 6) is -1.02. The molecule has 2 fully saturated rings. The summed E-state index contributed by atoms with van der Waals surface area (Å²) in [4.78, 5) is 34.9. The molecule has 134 valence electrons. The average Bonchev–Trinajstić information content (AvgIpc) is 2.91. The topological polar surface area (TPSA) is 108 Å². The number of nitrogens with zero attached hydrogens (tertiary/aromatic N) is 1. The second kappa shape index (κ2) is 6.70. The van der Waals surface area contributed by atoms with Crippen LogP contribution in [0.2, 0.25) is 0 Å². The number of nitrogens with one attached hydrogen (secondary N) is 1. The molecule has 1 N–H and O–H groups in total. The molecule has 3 rings (SSSR count). The van der Waals surface area contributed by atoms with Crippen molar-refractivity contribution >= 4 is 23.3 Å². The first-order valence-electron chi connectivity index (χ1n) is 8.30. The molecule has 1 aliphatic carbocycles. The first kappa shape index (κ1) is 17.2. The highest BCUT2D eigenvalue weighted by Gasteiger charge is 2.52. The number of carbonyl (C=O) groups is 2. The zero-order valence-electron chi connectivity index (χ0n) is 13.9. The van der Waals surface area contributed by atoms with Crippen LogP contribution in [0.1, 0.15) is 38.5 Å². The van der Waals surface area contributed by atoms with Crippen LogP contribution < -0.4 is 10.1 Å². The molecule has 25 heavy (non-hydrogen) atoms. The molecule has 1 saturated heterocycles. The standard InChI is InChI=1S/C17H20N2O6/c1-24-14-9-11(19(22)23)5-6-13(14)18-16(21)12-10-15(20)25-17(12)7-3-2-4-8-17/h5-6,9,12H,2-4,7-8,10H2,1H3,(H,18,21). The van der Waals surface area contributed by atoms with Crippen LogP contribution in [0.25, 0.3) is 0 Å². The molecule has 1 heterocycles. The highest BCUT2D eigenvalue weighted by molar-refractivity contribution is 5.98. The molecule has 1 aliphatic heterocycles. The molecule has 1 saturated carbocycles. The first-order chi connectivity index (χ1) is 11.9. The van der Waals surface area contributed by atoms with Gasteiger partial charge in [0.25, 0.3) is 5.69 Å². The number of amides is 1. The fourth-order valence-corrected chi connectivity index (χ4v) is 3.74. The molecular weight excluding hydrogens is 328 g/mol. The maximum absolute atomic E-state index is 12.8. The smallest absolute Gasteiger partial charge is 0.307 e. The van der Waals surface area contributed by atoms with Crippen LogP contribution in [-0.4, -0.2) is 29.5 Å². The van der Waals surface area contributed by atoms with E-state index in [1.165, 1.54) is 25.3 Å². The molecule has 1 spiro atoms. The van der Waals surface area contributed by atoms with Gasteiger partial charge in [-0.25, -0.2) is 0 Å². The van der Waals surface area contributed by atoms with Gasteiger partial charge in [0.15, 0.2) is 0 Å². The number of nitro benzene ring substituents is 1. The summed E-state index contributed by atoms with van der Waals surface area (Å²) in [6, 6.07) is 3.98. The van der Waals surface area contributed by atoms with E-state index in [1.807, 2.05) is 0 Å². The third kappa shape index (κ3) is 3.29. The largest absolute Gasteiger partial charge is 0.494 e. The Balaban J connectivity index is 1.81. The van der Waals surface area contributed by atoms with E-state index in [2.05, 4.69) is 5.32 Å². The number of ether oxygens (including phenoxy) is 2.